The minimum absolute atomic E-state index is 0.113. The predicted octanol–water partition coefficient (Wildman–Crippen LogP) is 25.5. The van der Waals surface area contributed by atoms with Crippen LogP contribution in [0.3, 0.4) is 0 Å². The summed E-state index contributed by atoms with van der Waals surface area (Å²) in [7, 11) is 0. The summed E-state index contributed by atoms with van der Waals surface area (Å²) in [5.74, 6) is -4.02. The number of carbonyl (C=O) groups excluding carboxylic acids is 2. The van der Waals surface area contributed by atoms with Gasteiger partial charge in [0.1, 0.15) is 13.2 Å². The number of hydrogen-bond acceptors (Lipinski definition) is 6. The summed E-state index contributed by atoms with van der Waals surface area (Å²) in [6.07, 6.45) is 73.1. The maximum absolute atomic E-state index is 13.6. The van der Waals surface area contributed by atoms with Gasteiger partial charge in [-0.3, -0.25) is 19.2 Å². The number of carboxylic acids is 2. The van der Waals surface area contributed by atoms with Crippen molar-refractivity contribution >= 4 is 23.9 Å². The third-order valence-electron chi connectivity index (χ3n) is 18.9. The summed E-state index contributed by atoms with van der Waals surface area (Å²) in [5, 5.41) is 21.7. The molecule has 0 amide bonds. The molecule has 0 aromatic rings. The van der Waals surface area contributed by atoms with Gasteiger partial charge in [0.05, 0.1) is 11.8 Å². The Morgan fingerprint density at radius 2 is 0.424 bits per heavy atom. The van der Waals surface area contributed by atoms with Gasteiger partial charge in [-0.05, 0) is 38.5 Å². The van der Waals surface area contributed by atoms with Crippen molar-refractivity contribution in [3.8, 4) is 0 Å². The molecule has 0 aliphatic rings. The minimum atomic E-state index is -1.13. The summed E-state index contributed by atoms with van der Waals surface area (Å²) in [4.78, 5) is 53.8. The number of rotatable bonds is 72. The molecule has 0 radical (unpaired) electrons. The molecule has 0 heterocycles. The Balaban J connectivity index is 5.83. The number of carboxylic acid groups (broad SMARTS) is 2. The van der Waals surface area contributed by atoms with Crippen molar-refractivity contribution in [2.24, 2.45) is 17.3 Å². The molecule has 8 heteroatoms. The zero-order chi connectivity index (χ0) is 62.0. The number of esters is 2. The number of ether oxygens (including phenoxy) is 2. The van der Waals surface area contributed by atoms with Crippen LogP contribution in [-0.2, 0) is 28.7 Å². The van der Waals surface area contributed by atoms with Gasteiger partial charge in [0, 0.05) is 18.3 Å². The van der Waals surface area contributed by atoms with Crippen molar-refractivity contribution in [3.05, 3.63) is 0 Å². The molecule has 504 valence electrons. The van der Waals surface area contributed by atoms with Gasteiger partial charge in [-0.1, -0.05) is 387 Å². The van der Waals surface area contributed by atoms with Crippen molar-refractivity contribution in [1.29, 1.82) is 0 Å². The van der Waals surface area contributed by atoms with Crippen LogP contribution < -0.4 is 0 Å². The molecule has 0 spiro atoms. The largest absolute Gasteiger partial charge is 0.481 e. The second kappa shape index (κ2) is 66.3. The summed E-state index contributed by atoms with van der Waals surface area (Å²) >= 11 is 0. The average molecular weight is 1200 g/mol. The Bertz CT molecular complexity index is 1310. The van der Waals surface area contributed by atoms with E-state index in [0.717, 1.165) is 89.9 Å². The maximum Gasteiger partial charge on any atom is 0.306 e. The number of unbranched alkanes of at least 4 members (excludes halogenated alkanes) is 54. The van der Waals surface area contributed by atoms with E-state index in [1.54, 1.807) is 0 Å². The highest BCUT2D eigenvalue weighted by molar-refractivity contribution is 5.72. The first-order chi connectivity index (χ1) is 41.6. The van der Waals surface area contributed by atoms with E-state index in [4.69, 9.17) is 9.47 Å². The lowest BCUT2D eigenvalue weighted by Crippen LogP contribution is -2.41. The molecule has 0 aliphatic carbocycles. The normalized spacial score (nSPS) is 12.5. The fraction of sp³-hybridized carbons (Fsp3) is 0.948. The number of aliphatic carboxylic acids is 2. The van der Waals surface area contributed by atoms with E-state index >= 15 is 0 Å². The maximum atomic E-state index is 13.6. The zero-order valence-corrected chi connectivity index (χ0v) is 57.7. The third kappa shape index (κ3) is 59.3. The zero-order valence-electron chi connectivity index (χ0n) is 57.7. The first-order valence-electron chi connectivity index (χ1n) is 38.4. The predicted molar refractivity (Wildman–Crippen MR) is 365 cm³/mol. The Morgan fingerprint density at radius 3 is 0.600 bits per heavy atom. The van der Waals surface area contributed by atoms with Gasteiger partial charge in [-0.15, -0.1) is 0 Å². The second-order valence-electron chi connectivity index (χ2n) is 27.5. The van der Waals surface area contributed by atoms with E-state index in [1.807, 2.05) is 0 Å². The molecule has 0 bridgehead atoms. The van der Waals surface area contributed by atoms with Crippen molar-refractivity contribution in [2.45, 2.75) is 439 Å². The Kier molecular flexibility index (Phi) is 64.6. The lowest BCUT2D eigenvalue weighted by molar-refractivity contribution is -0.159. The topological polar surface area (TPSA) is 127 Å². The number of hydrogen-bond donors (Lipinski definition) is 2. The molecule has 0 aliphatic heterocycles. The number of carbonyl (C=O) groups is 4. The lowest BCUT2D eigenvalue weighted by Gasteiger charge is -2.37. The summed E-state index contributed by atoms with van der Waals surface area (Å²) in [6, 6.07) is 0. The molecule has 0 rings (SSSR count). The van der Waals surface area contributed by atoms with Crippen LogP contribution in [0.5, 0.6) is 0 Å². The van der Waals surface area contributed by atoms with Crippen LogP contribution in [0.4, 0.5) is 0 Å². The minimum Gasteiger partial charge on any atom is -0.481 e. The molecule has 2 unspecified atom stereocenters. The van der Waals surface area contributed by atoms with Gasteiger partial charge in [0.2, 0.25) is 0 Å². The van der Waals surface area contributed by atoms with E-state index < -0.39 is 29.2 Å². The van der Waals surface area contributed by atoms with Gasteiger partial charge in [0.25, 0.3) is 0 Å². The standard InChI is InChI=1S/C77H148O8/c1-5-9-13-17-21-25-29-33-37-41-45-49-53-57-61-65-73(78)84-69-77(67-71(75(80)81)63-59-55-51-47-43-39-35-31-27-23-19-15-11-7-3,68-72(76(82)83)64-60-56-52-48-44-40-36-32-28-24-20-16-12-8-4)70-85-74(79)66-62-58-54-50-46-42-38-34-30-26-22-18-14-10-6-2/h71-72H,5-70H2,1-4H3,(H,80,81)(H,82,83). The van der Waals surface area contributed by atoms with Crippen molar-refractivity contribution in [2.75, 3.05) is 13.2 Å². The molecule has 2 N–H and O–H groups in total. The first kappa shape index (κ1) is 82.9. The van der Waals surface area contributed by atoms with Crippen molar-refractivity contribution in [1.82, 2.24) is 0 Å². The highest BCUT2D eigenvalue weighted by atomic mass is 16.5. The second-order valence-corrected chi connectivity index (χ2v) is 27.5. The van der Waals surface area contributed by atoms with Gasteiger partial charge < -0.3 is 19.7 Å². The molecule has 0 fully saturated rings. The molecular formula is C77H148O8. The van der Waals surface area contributed by atoms with E-state index in [9.17, 15) is 29.4 Å². The Labute approximate surface area is 529 Å². The van der Waals surface area contributed by atoms with Crippen LogP contribution >= 0.6 is 0 Å². The van der Waals surface area contributed by atoms with Gasteiger partial charge in [0.15, 0.2) is 0 Å². The van der Waals surface area contributed by atoms with Gasteiger partial charge >= 0.3 is 23.9 Å². The molecule has 0 saturated heterocycles. The molecular weight excluding hydrogens is 1050 g/mol. The van der Waals surface area contributed by atoms with Crippen molar-refractivity contribution < 1.29 is 38.9 Å². The van der Waals surface area contributed by atoms with Crippen LogP contribution in [0, 0.1) is 17.3 Å². The van der Waals surface area contributed by atoms with Gasteiger partial charge in [-0.2, -0.15) is 0 Å². The molecule has 0 aromatic heterocycles. The Morgan fingerprint density at radius 1 is 0.259 bits per heavy atom. The molecule has 0 saturated carbocycles. The van der Waals surface area contributed by atoms with E-state index in [1.165, 1.54) is 283 Å². The SMILES string of the molecule is CCCCCCCCCCCCCCCCCC(=O)OCC(COC(=O)CCCCCCCCCCCCCCCCC)(CC(CCCCCCCCCCCCCCCC)C(=O)O)CC(CCCCCCCCCCCCCCCC)C(=O)O. The monoisotopic (exact) mass is 1200 g/mol. The molecule has 8 nitrogen and oxygen atoms in total. The van der Waals surface area contributed by atoms with Crippen LogP contribution in [0.25, 0.3) is 0 Å². The summed E-state index contributed by atoms with van der Waals surface area (Å²) < 4.78 is 12.3. The van der Waals surface area contributed by atoms with Crippen LogP contribution in [0.1, 0.15) is 439 Å². The quantitative estimate of drug-likeness (QED) is 0.0455. The van der Waals surface area contributed by atoms with Gasteiger partial charge in [-0.25, -0.2) is 0 Å². The average Bonchev–Trinajstić information content (AvgIpc) is 3.57. The van der Waals surface area contributed by atoms with Crippen molar-refractivity contribution in [3.63, 3.8) is 0 Å². The highest BCUT2D eigenvalue weighted by Crippen LogP contribution is 2.39. The van der Waals surface area contributed by atoms with E-state index in [-0.39, 0.29) is 50.8 Å². The molecule has 85 heavy (non-hydrogen) atoms. The summed E-state index contributed by atoms with van der Waals surface area (Å²) in [5.41, 5.74) is -1.13. The smallest absolute Gasteiger partial charge is 0.306 e. The third-order valence-corrected chi connectivity index (χ3v) is 18.9. The first-order valence-corrected chi connectivity index (χ1v) is 38.4. The van der Waals surface area contributed by atoms with Crippen LogP contribution in [0.15, 0.2) is 0 Å². The lowest BCUT2D eigenvalue weighted by atomic mass is 9.72. The fourth-order valence-corrected chi connectivity index (χ4v) is 13.1. The summed E-state index contributed by atoms with van der Waals surface area (Å²) in [6.45, 7) is 8.80. The molecule has 2 atom stereocenters. The van der Waals surface area contributed by atoms with Crippen LogP contribution in [-0.4, -0.2) is 47.3 Å². The van der Waals surface area contributed by atoms with Crippen LogP contribution in [0.2, 0.25) is 0 Å². The fourth-order valence-electron chi connectivity index (χ4n) is 13.1. The molecule has 0 aromatic carbocycles. The Hall–Kier alpha value is -2.12. The van der Waals surface area contributed by atoms with E-state index in [0.29, 0.717) is 12.8 Å². The van der Waals surface area contributed by atoms with E-state index in [2.05, 4.69) is 27.7 Å². The highest BCUT2D eigenvalue weighted by Gasteiger charge is 2.42.